The van der Waals surface area contributed by atoms with E-state index in [2.05, 4.69) is 61.8 Å². The molecule has 3 heterocycles. The fraction of sp³-hybridized carbons (Fsp3) is 0.333. The lowest BCUT2D eigenvalue weighted by molar-refractivity contribution is -0.122. The molecule has 0 fully saturated rings. The Labute approximate surface area is 210 Å². The van der Waals surface area contributed by atoms with Gasteiger partial charge in [-0.25, -0.2) is 0 Å². The van der Waals surface area contributed by atoms with Crippen molar-refractivity contribution in [3.8, 4) is 0 Å². The lowest BCUT2D eigenvalue weighted by Crippen LogP contribution is -2.40. The Morgan fingerprint density at radius 3 is 2.50 bits per heavy atom. The van der Waals surface area contributed by atoms with E-state index in [-0.39, 0.29) is 5.91 Å². The highest BCUT2D eigenvalue weighted by Crippen LogP contribution is 2.37. The molecule has 0 radical (unpaired) electrons. The Bertz CT molecular complexity index is 1310. The summed E-state index contributed by atoms with van der Waals surface area (Å²) in [6.45, 7) is 3.36. The molecule has 0 aliphatic carbocycles. The van der Waals surface area contributed by atoms with Gasteiger partial charge in [-0.1, -0.05) is 60.7 Å². The van der Waals surface area contributed by atoms with Gasteiger partial charge in [0.05, 0.1) is 17.0 Å². The standard InChI is InChI=1S/C27H32N8O/c1-34(2)15-9-14-28-27-30-24-22-23(32-33-24)21(26(36)29-16-19-10-5-3-6-11-19)18-35(25(22)31-27)17-20-12-7-4-8-13-20/h3-8,10-13,21H,9,14-18H2,1-2H3,(H,29,36)(H2,28,30,31,32,33). The number of hydrogen-bond donors (Lipinski definition) is 3. The maximum atomic E-state index is 13.4. The highest BCUT2D eigenvalue weighted by atomic mass is 16.1. The lowest BCUT2D eigenvalue weighted by Gasteiger charge is -2.32. The summed E-state index contributed by atoms with van der Waals surface area (Å²) in [6.07, 6.45) is 0.979. The molecule has 36 heavy (non-hydrogen) atoms. The molecule has 1 aliphatic rings. The average molecular weight is 485 g/mol. The first kappa shape index (κ1) is 23.7. The van der Waals surface area contributed by atoms with E-state index in [1.165, 1.54) is 0 Å². The van der Waals surface area contributed by atoms with Crippen molar-refractivity contribution >= 4 is 28.7 Å². The topological polar surface area (TPSA) is 102 Å². The molecular weight excluding hydrogens is 452 g/mol. The van der Waals surface area contributed by atoms with Crippen molar-refractivity contribution in [2.24, 2.45) is 0 Å². The zero-order valence-electron chi connectivity index (χ0n) is 20.7. The molecule has 5 rings (SSSR count). The predicted molar refractivity (Wildman–Crippen MR) is 142 cm³/mol. The van der Waals surface area contributed by atoms with Gasteiger partial charge in [0.25, 0.3) is 0 Å². The Balaban J connectivity index is 1.43. The Morgan fingerprint density at radius 1 is 1.06 bits per heavy atom. The lowest BCUT2D eigenvalue weighted by atomic mass is 9.96. The van der Waals surface area contributed by atoms with Gasteiger partial charge in [0.1, 0.15) is 5.82 Å². The normalized spacial score (nSPS) is 14.9. The van der Waals surface area contributed by atoms with Crippen LogP contribution in [0.25, 0.3) is 11.0 Å². The molecular formula is C27H32N8O. The highest BCUT2D eigenvalue weighted by molar-refractivity contribution is 5.98. The Kier molecular flexibility index (Phi) is 7.08. The number of amides is 1. The third-order valence-corrected chi connectivity index (χ3v) is 6.38. The number of aromatic amines is 1. The van der Waals surface area contributed by atoms with Crippen LogP contribution in [-0.4, -0.2) is 64.7 Å². The van der Waals surface area contributed by atoms with Crippen LogP contribution in [0.3, 0.4) is 0 Å². The smallest absolute Gasteiger partial charge is 0.231 e. The van der Waals surface area contributed by atoms with Crippen LogP contribution < -0.4 is 15.5 Å². The number of nitrogens with one attached hydrogen (secondary N) is 3. The quantitative estimate of drug-likeness (QED) is 0.297. The second kappa shape index (κ2) is 10.7. The first-order valence-electron chi connectivity index (χ1n) is 12.3. The Hall–Kier alpha value is -3.98. The second-order valence-electron chi connectivity index (χ2n) is 9.41. The van der Waals surface area contributed by atoms with Crippen LogP contribution in [0.5, 0.6) is 0 Å². The molecule has 1 amide bonds. The third-order valence-electron chi connectivity index (χ3n) is 6.38. The SMILES string of the molecule is CN(C)CCCNc1nc2c3c([nH]nc3n1)C(C(=O)NCc1ccccc1)CN2Cc1ccccc1. The van der Waals surface area contributed by atoms with E-state index in [0.717, 1.165) is 47.5 Å². The minimum atomic E-state index is -0.405. The second-order valence-corrected chi connectivity index (χ2v) is 9.41. The largest absolute Gasteiger partial charge is 0.354 e. The van der Waals surface area contributed by atoms with E-state index < -0.39 is 5.92 Å². The minimum absolute atomic E-state index is 0.0426. The molecule has 9 heteroatoms. The molecule has 0 bridgehead atoms. The number of aromatic nitrogens is 4. The van der Waals surface area contributed by atoms with Gasteiger partial charge < -0.3 is 20.4 Å². The molecule has 1 atom stereocenters. The van der Waals surface area contributed by atoms with E-state index in [1.807, 2.05) is 48.5 Å². The van der Waals surface area contributed by atoms with E-state index >= 15 is 0 Å². The number of hydrogen-bond acceptors (Lipinski definition) is 7. The molecule has 3 N–H and O–H groups in total. The van der Waals surface area contributed by atoms with Crippen LogP contribution >= 0.6 is 0 Å². The summed E-state index contributed by atoms with van der Waals surface area (Å²) in [5, 5.41) is 14.8. The fourth-order valence-corrected chi connectivity index (χ4v) is 4.55. The summed E-state index contributed by atoms with van der Waals surface area (Å²) in [4.78, 5) is 27.2. The van der Waals surface area contributed by atoms with Crippen molar-refractivity contribution in [1.29, 1.82) is 0 Å². The summed E-state index contributed by atoms with van der Waals surface area (Å²) < 4.78 is 0. The van der Waals surface area contributed by atoms with E-state index in [9.17, 15) is 4.79 Å². The van der Waals surface area contributed by atoms with Crippen molar-refractivity contribution in [3.05, 3.63) is 77.5 Å². The number of carbonyl (C=O) groups is 1. The van der Waals surface area contributed by atoms with Gasteiger partial charge in [0.2, 0.25) is 11.9 Å². The number of carbonyl (C=O) groups excluding carboxylic acids is 1. The van der Waals surface area contributed by atoms with Gasteiger partial charge >= 0.3 is 0 Å². The summed E-state index contributed by atoms with van der Waals surface area (Å²) in [5.74, 6) is 0.908. The molecule has 4 aromatic rings. The van der Waals surface area contributed by atoms with E-state index in [4.69, 9.17) is 4.98 Å². The van der Waals surface area contributed by atoms with Gasteiger partial charge in [0.15, 0.2) is 5.65 Å². The van der Waals surface area contributed by atoms with Gasteiger partial charge in [-0.3, -0.25) is 9.89 Å². The highest BCUT2D eigenvalue weighted by Gasteiger charge is 2.35. The first-order valence-corrected chi connectivity index (χ1v) is 12.3. The molecule has 9 nitrogen and oxygen atoms in total. The zero-order valence-corrected chi connectivity index (χ0v) is 20.7. The summed E-state index contributed by atoms with van der Waals surface area (Å²) in [6, 6.07) is 20.2. The monoisotopic (exact) mass is 484 g/mol. The van der Waals surface area contributed by atoms with Crippen LogP contribution in [0.1, 0.15) is 29.2 Å². The number of nitrogens with zero attached hydrogens (tertiary/aromatic N) is 5. The van der Waals surface area contributed by atoms with Gasteiger partial charge in [0, 0.05) is 26.2 Å². The molecule has 2 aromatic heterocycles. The minimum Gasteiger partial charge on any atom is -0.354 e. The van der Waals surface area contributed by atoms with Crippen molar-refractivity contribution in [2.75, 3.05) is 43.9 Å². The number of rotatable bonds is 10. The third kappa shape index (κ3) is 5.31. The van der Waals surface area contributed by atoms with Crippen LogP contribution in [-0.2, 0) is 17.9 Å². The van der Waals surface area contributed by atoms with Crippen molar-refractivity contribution in [1.82, 2.24) is 30.4 Å². The van der Waals surface area contributed by atoms with E-state index in [1.54, 1.807) is 0 Å². The van der Waals surface area contributed by atoms with Crippen molar-refractivity contribution in [3.63, 3.8) is 0 Å². The van der Waals surface area contributed by atoms with Crippen molar-refractivity contribution < 1.29 is 4.79 Å². The summed E-state index contributed by atoms with van der Waals surface area (Å²) in [7, 11) is 4.12. The molecule has 0 spiro atoms. The molecule has 0 saturated carbocycles. The molecule has 1 unspecified atom stereocenters. The van der Waals surface area contributed by atoms with Crippen molar-refractivity contribution in [2.45, 2.75) is 25.4 Å². The zero-order chi connectivity index (χ0) is 24.9. The van der Waals surface area contributed by atoms with Crippen LogP contribution in [0.15, 0.2) is 60.7 Å². The van der Waals surface area contributed by atoms with Crippen LogP contribution in [0.2, 0.25) is 0 Å². The van der Waals surface area contributed by atoms with Gasteiger partial charge in [-0.15, -0.1) is 0 Å². The van der Waals surface area contributed by atoms with Crippen LogP contribution in [0.4, 0.5) is 11.8 Å². The summed E-state index contributed by atoms with van der Waals surface area (Å²) >= 11 is 0. The molecule has 186 valence electrons. The first-order chi connectivity index (χ1) is 17.6. The van der Waals surface area contributed by atoms with E-state index in [0.29, 0.717) is 31.2 Å². The van der Waals surface area contributed by atoms with Gasteiger partial charge in [-0.05, 0) is 38.2 Å². The summed E-state index contributed by atoms with van der Waals surface area (Å²) in [5.41, 5.74) is 3.56. The fourth-order valence-electron chi connectivity index (χ4n) is 4.55. The maximum Gasteiger partial charge on any atom is 0.231 e. The number of H-pyrrole nitrogens is 1. The molecule has 1 aliphatic heterocycles. The number of anilines is 2. The van der Waals surface area contributed by atoms with Crippen LogP contribution in [0, 0.1) is 0 Å². The number of benzene rings is 2. The predicted octanol–water partition coefficient (Wildman–Crippen LogP) is 3.14. The Morgan fingerprint density at radius 2 is 1.78 bits per heavy atom. The maximum absolute atomic E-state index is 13.4. The molecule has 2 aromatic carbocycles. The average Bonchev–Trinajstić information content (AvgIpc) is 3.32. The van der Waals surface area contributed by atoms with Gasteiger partial charge in [-0.2, -0.15) is 15.1 Å². The molecule has 0 saturated heterocycles.